The van der Waals surface area contributed by atoms with Crippen LogP contribution in [0.4, 0.5) is 4.39 Å². The third-order valence-corrected chi connectivity index (χ3v) is 8.20. The molecular weight excluding hydrogens is 401 g/mol. The maximum atomic E-state index is 13.7. The zero-order valence-electron chi connectivity index (χ0n) is 19.4. The van der Waals surface area contributed by atoms with Gasteiger partial charge in [0, 0.05) is 24.1 Å². The molecule has 166 valence electrons. The summed E-state index contributed by atoms with van der Waals surface area (Å²) in [5.41, 5.74) is 2.37. The molecule has 0 N–H and O–H groups in total. The van der Waals surface area contributed by atoms with E-state index in [9.17, 15) is 9.18 Å². The summed E-state index contributed by atoms with van der Waals surface area (Å²) in [6, 6.07) is 4.13. The molecule has 6 heteroatoms. The molecule has 1 aromatic heterocycles. The molecule has 2 bridgehead atoms. The third kappa shape index (κ3) is 3.25. The van der Waals surface area contributed by atoms with Crippen molar-refractivity contribution in [3.8, 4) is 5.69 Å². The Bertz CT molecular complexity index is 984. The van der Waals surface area contributed by atoms with E-state index < -0.39 is 5.82 Å². The molecule has 1 fully saturated rings. The topological polar surface area (TPSA) is 30.2 Å². The first-order valence-corrected chi connectivity index (χ1v) is 11.4. The monoisotopic (exact) mass is 435 g/mol. The van der Waals surface area contributed by atoms with Crippen LogP contribution in [-0.4, -0.2) is 33.9 Å². The zero-order valence-corrected chi connectivity index (χ0v) is 20.1. The van der Waals surface area contributed by atoms with Gasteiger partial charge in [-0.2, -0.15) is 0 Å². The van der Waals surface area contributed by atoms with Gasteiger partial charge in [-0.1, -0.05) is 53.1 Å². The first-order chi connectivity index (χ1) is 14.0. The molecule has 1 heterocycles. The van der Waals surface area contributed by atoms with Crippen molar-refractivity contribution in [3.63, 3.8) is 0 Å². The fourth-order valence-corrected chi connectivity index (χ4v) is 5.81. The first kappa shape index (κ1) is 23.1. The van der Waals surface area contributed by atoms with Crippen LogP contribution in [0.25, 0.3) is 5.69 Å². The van der Waals surface area contributed by atoms with E-state index in [0.717, 1.165) is 24.1 Å². The number of benzene rings is 1. The van der Waals surface area contributed by atoms with E-state index in [-0.39, 0.29) is 22.3 Å². The van der Waals surface area contributed by atoms with Gasteiger partial charge in [-0.15, -0.1) is 0 Å². The predicted molar refractivity (Wildman–Crippen MR) is 123 cm³/mol. The second kappa shape index (κ2) is 8.16. The van der Waals surface area contributed by atoms with Crippen LogP contribution in [-0.2, 0) is 12.5 Å². The van der Waals surface area contributed by atoms with Crippen LogP contribution >= 0.6 is 11.6 Å². The van der Waals surface area contributed by atoms with E-state index in [1.165, 1.54) is 42.5 Å². The standard InChI is InChI=1S/C18H20ClFN2O.C6H15N/c1-17(2)11-7-8-18(17,3)15-14(11)16(23)22(21(15)4)13-9-10(20)5-6-12(13)19;1-4-7(5-2)6-3/h5-6,9,11H,7-8H2,1-4H3;4-6H2,1-3H3/t11-,18+;/m1./s1. The van der Waals surface area contributed by atoms with Crippen LogP contribution in [0.3, 0.4) is 0 Å². The van der Waals surface area contributed by atoms with Gasteiger partial charge in [0.1, 0.15) is 5.82 Å². The number of aromatic nitrogens is 2. The molecule has 30 heavy (non-hydrogen) atoms. The van der Waals surface area contributed by atoms with Gasteiger partial charge in [-0.3, -0.25) is 9.48 Å². The van der Waals surface area contributed by atoms with E-state index >= 15 is 0 Å². The Balaban J connectivity index is 0.000000318. The molecule has 4 nitrogen and oxygen atoms in total. The molecule has 0 spiro atoms. The SMILES string of the molecule is CCN(CC)CC.Cn1c2c(c(=O)n1-c1cc(F)ccc1Cl)[C@H]1CC[C@]2(C)C1(C)C. The molecule has 4 rings (SSSR count). The van der Waals surface area contributed by atoms with Crippen LogP contribution in [0, 0.1) is 11.2 Å². The normalized spacial score (nSPS) is 23.5. The molecule has 0 aliphatic heterocycles. The van der Waals surface area contributed by atoms with Crippen LogP contribution in [0.1, 0.15) is 71.6 Å². The van der Waals surface area contributed by atoms with E-state index in [4.69, 9.17) is 11.6 Å². The van der Waals surface area contributed by atoms with Crippen molar-refractivity contribution in [2.45, 2.75) is 65.7 Å². The van der Waals surface area contributed by atoms with Gasteiger partial charge < -0.3 is 4.90 Å². The van der Waals surface area contributed by atoms with Crippen LogP contribution in [0.2, 0.25) is 5.02 Å². The molecule has 2 atom stereocenters. The molecule has 0 radical (unpaired) electrons. The quantitative estimate of drug-likeness (QED) is 0.635. The van der Waals surface area contributed by atoms with Gasteiger partial charge in [0.05, 0.1) is 16.4 Å². The molecular formula is C24H35ClFN3O. The molecule has 0 saturated heterocycles. The van der Waals surface area contributed by atoms with Gasteiger partial charge in [0.2, 0.25) is 0 Å². The Morgan fingerprint density at radius 2 is 1.77 bits per heavy atom. The van der Waals surface area contributed by atoms with Crippen molar-refractivity contribution < 1.29 is 4.39 Å². The maximum absolute atomic E-state index is 13.7. The summed E-state index contributed by atoms with van der Waals surface area (Å²) >= 11 is 6.24. The highest BCUT2D eigenvalue weighted by molar-refractivity contribution is 6.32. The van der Waals surface area contributed by atoms with Gasteiger partial charge in [-0.05, 0) is 55.9 Å². The predicted octanol–water partition coefficient (Wildman–Crippen LogP) is 5.49. The smallest absolute Gasteiger partial charge is 0.275 e. The third-order valence-electron chi connectivity index (χ3n) is 7.88. The number of halogens is 2. The lowest BCUT2D eigenvalue weighted by Crippen LogP contribution is -2.35. The Morgan fingerprint density at radius 1 is 1.17 bits per heavy atom. The first-order valence-electron chi connectivity index (χ1n) is 11.0. The second-order valence-electron chi connectivity index (χ2n) is 9.26. The maximum Gasteiger partial charge on any atom is 0.275 e. The lowest BCUT2D eigenvalue weighted by atomic mass is 9.70. The van der Waals surface area contributed by atoms with Crippen molar-refractivity contribution in [2.75, 3.05) is 19.6 Å². The summed E-state index contributed by atoms with van der Waals surface area (Å²) in [5.74, 6) is -0.137. The second-order valence-corrected chi connectivity index (χ2v) is 9.67. The molecule has 0 amide bonds. The van der Waals surface area contributed by atoms with E-state index in [2.05, 4.69) is 46.4 Å². The lowest BCUT2D eigenvalue weighted by molar-refractivity contribution is 0.218. The number of nitrogens with zero attached hydrogens (tertiary/aromatic N) is 3. The number of fused-ring (bicyclic) bond motifs is 5. The highest BCUT2D eigenvalue weighted by atomic mass is 35.5. The highest BCUT2D eigenvalue weighted by Crippen LogP contribution is 2.66. The molecule has 2 aromatic rings. The Labute approximate surface area is 184 Å². The summed E-state index contributed by atoms with van der Waals surface area (Å²) in [6.45, 7) is 16.9. The van der Waals surface area contributed by atoms with Crippen molar-refractivity contribution in [2.24, 2.45) is 12.5 Å². The molecule has 1 aromatic carbocycles. The van der Waals surface area contributed by atoms with E-state index in [1.807, 2.05) is 11.7 Å². The average Bonchev–Trinajstić information content (AvgIpc) is 3.17. The Hall–Kier alpha value is -1.59. The number of hydrogen-bond donors (Lipinski definition) is 0. The minimum Gasteiger partial charge on any atom is -0.304 e. The van der Waals surface area contributed by atoms with Crippen molar-refractivity contribution >= 4 is 11.6 Å². The van der Waals surface area contributed by atoms with Crippen LogP contribution in [0.5, 0.6) is 0 Å². The molecule has 2 aliphatic carbocycles. The zero-order chi connectivity index (χ0) is 22.4. The summed E-state index contributed by atoms with van der Waals surface area (Å²) in [7, 11) is 1.88. The fourth-order valence-electron chi connectivity index (χ4n) is 5.61. The number of rotatable bonds is 4. The van der Waals surface area contributed by atoms with E-state index in [1.54, 1.807) is 0 Å². The molecule has 2 aliphatic rings. The van der Waals surface area contributed by atoms with Gasteiger partial charge in [0.25, 0.3) is 5.56 Å². The van der Waals surface area contributed by atoms with Crippen LogP contribution < -0.4 is 5.56 Å². The Morgan fingerprint density at radius 3 is 2.27 bits per heavy atom. The minimum atomic E-state index is -0.396. The highest BCUT2D eigenvalue weighted by Gasteiger charge is 2.62. The Kier molecular flexibility index (Phi) is 6.28. The molecule has 1 saturated carbocycles. The average molecular weight is 436 g/mol. The molecule has 0 unspecified atom stereocenters. The minimum absolute atomic E-state index is 0.0358. The van der Waals surface area contributed by atoms with Crippen molar-refractivity contribution in [3.05, 3.63) is 50.7 Å². The summed E-state index contributed by atoms with van der Waals surface area (Å²) < 4.78 is 17.1. The summed E-state index contributed by atoms with van der Waals surface area (Å²) in [6.07, 6.45) is 2.11. The van der Waals surface area contributed by atoms with Crippen LogP contribution in [0.15, 0.2) is 23.0 Å². The summed E-state index contributed by atoms with van der Waals surface area (Å²) in [5, 5.41) is 0.379. The fraction of sp³-hybridized carbons (Fsp3) is 0.625. The summed E-state index contributed by atoms with van der Waals surface area (Å²) in [4.78, 5) is 15.5. The lowest BCUT2D eigenvalue weighted by Gasteiger charge is -2.36. The van der Waals surface area contributed by atoms with Crippen molar-refractivity contribution in [1.82, 2.24) is 14.3 Å². The van der Waals surface area contributed by atoms with Gasteiger partial charge in [-0.25, -0.2) is 9.07 Å². The van der Waals surface area contributed by atoms with Gasteiger partial charge in [0.15, 0.2) is 0 Å². The number of hydrogen-bond acceptors (Lipinski definition) is 2. The van der Waals surface area contributed by atoms with Gasteiger partial charge >= 0.3 is 0 Å². The van der Waals surface area contributed by atoms with Crippen molar-refractivity contribution in [1.29, 1.82) is 0 Å². The van der Waals surface area contributed by atoms with E-state index in [0.29, 0.717) is 10.7 Å². The largest absolute Gasteiger partial charge is 0.304 e.